The summed E-state index contributed by atoms with van der Waals surface area (Å²) in [5.41, 5.74) is 9.79. The Kier molecular flexibility index (Phi) is 3.30. The minimum Gasteiger partial charge on any atom is -0.383 e. The lowest BCUT2D eigenvalue weighted by Crippen LogP contribution is -2.01. The molecule has 21 heavy (non-hydrogen) atoms. The fraction of sp³-hybridized carbons (Fsp3) is 0.200. The van der Waals surface area contributed by atoms with E-state index in [1.807, 2.05) is 37.5 Å². The maximum absolute atomic E-state index is 6.12. The van der Waals surface area contributed by atoms with Gasteiger partial charge in [-0.1, -0.05) is 23.2 Å². The van der Waals surface area contributed by atoms with Gasteiger partial charge in [0.05, 0.1) is 11.1 Å². The molecule has 6 heteroatoms. The molecule has 4 nitrogen and oxygen atoms in total. The van der Waals surface area contributed by atoms with Gasteiger partial charge in [-0.05, 0) is 44.5 Å². The molecule has 2 aromatic heterocycles. The van der Waals surface area contributed by atoms with Gasteiger partial charge in [0.1, 0.15) is 11.6 Å². The third-order valence-corrected chi connectivity index (χ3v) is 4.04. The fourth-order valence-electron chi connectivity index (χ4n) is 2.59. The quantitative estimate of drug-likeness (QED) is 0.729. The zero-order valence-electron chi connectivity index (χ0n) is 11.9. The third kappa shape index (κ3) is 2.24. The topological polar surface area (TPSA) is 56.7 Å². The van der Waals surface area contributed by atoms with Gasteiger partial charge in [0.15, 0.2) is 5.65 Å². The molecule has 0 saturated carbocycles. The predicted octanol–water partition coefficient (Wildman–Crippen LogP) is 4.23. The molecule has 0 spiro atoms. The molecule has 0 unspecified atom stereocenters. The summed E-state index contributed by atoms with van der Waals surface area (Å²) in [5.74, 6) is 1.12. The van der Waals surface area contributed by atoms with Gasteiger partial charge in [-0.2, -0.15) is 0 Å². The van der Waals surface area contributed by atoms with Gasteiger partial charge >= 0.3 is 0 Å². The first-order valence-corrected chi connectivity index (χ1v) is 7.22. The summed E-state index contributed by atoms with van der Waals surface area (Å²) in [5, 5.41) is 2.03. The smallest absolute Gasteiger partial charge is 0.150 e. The van der Waals surface area contributed by atoms with Crippen LogP contribution in [0.1, 0.15) is 17.1 Å². The number of benzene rings is 1. The molecule has 2 N–H and O–H groups in total. The Morgan fingerprint density at radius 3 is 2.24 bits per heavy atom. The van der Waals surface area contributed by atoms with E-state index in [1.54, 1.807) is 6.07 Å². The van der Waals surface area contributed by atoms with Gasteiger partial charge in [0.2, 0.25) is 0 Å². The molecule has 0 aliphatic carbocycles. The van der Waals surface area contributed by atoms with E-state index in [4.69, 9.17) is 28.9 Å². The summed E-state index contributed by atoms with van der Waals surface area (Å²) in [7, 11) is 0. The van der Waals surface area contributed by atoms with Crippen LogP contribution in [0.3, 0.4) is 0 Å². The van der Waals surface area contributed by atoms with E-state index in [0.29, 0.717) is 21.7 Å². The summed E-state index contributed by atoms with van der Waals surface area (Å²) >= 11 is 12.2. The average Bonchev–Trinajstić information content (AvgIpc) is 2.60. The molecule has 0 amide bonds. The van der Waals surface area contributed by atoms with Crippen molar-refractivity contribution < 1.29 is 0 Å². The molecule has 3 aromatic rings. The highest BCUT2D eigenvalue weighted by Gasteiger charge is 2.17. The maximum Gasteiger partial charge on any atom is 0.150 e. The van der Waals surface area contributed by atoms with Crippen molar-refractivity contribution in [3.8, 4) is 5.69 Å². The van der Waals surface area contributed by atoms with Gasteiger partial charge < -0.3 is 5.73 Å². The van der Waals surface area contributed by atoms with Gasteiger partial charge in [-0.25, -0.2) is 9.97 Å². The van der Waals surface area contributed by atoms with E-state index in [1.165, 1.54) is 0 Å². The Balaban J connectivity index is 2.45. The Hall–Kier alpha value is -1.78. The highest BCUT2D eigenvalue weighted by Crippen LogP contribution is 2.32. The standard InChI is InChI=1S/C15H14Cl2N4/c1-7-8(2)21(12-5-10(16)4-11(17)6-12)15-13(7)14(18)19-9(3)20-15/h4-6H,1-3H3,(H2,18,19,20). The minimum atomic E-state index is 0.491. The summed E-state index contributed by atoms with van der Waals surface area (Å²) in [6.45, 7) is 5.85. The van der Waals surface area contributed by atoms with Crippen molar-refractivity contribution in [2.45, 2.75) is 20.8 Å². The van der Waals surface area contributed by atoms with E-state index < -0.39 is 0 Å². The Morgan fingerprint density at radius 1 is 1.00 bits per heavy atom. The zero-order valence-corrected chi connectivity index (χ0v) is 13.4. The molecular formula is C15H14Cl2N4. The Bertz CT molecular complexity index is 848. The molecule has 0 fully saturated rings. The Morgan fingerprint density at radius 2 is 1.62 bits per heavy atom. The first kappa shape index (κ1) is 14.2. The summed E-state index contributed by atoms with van der Waals surface area (Å²) in [4.78, 5) is 8.79. The molecule has 3 rings (SSSR count). The summed E-state index contributed by atoms with van der Waals surface area (Å²) < 4.78 is 2.01. The second kappa shape index (κ2) is 4.90. The van der Waals surface area contributed by atoms with Crippen molar-refractivity contribution in [2.75, 3.05) is 5.73 Å². The lowest BCUT2D eigenvalue weighted by molar-refractivity contribution is 0.996. The van der Waals surface area contributed by atoms with Gasteiger partial charge in [0.25, 0.3) is 0 Å². The molecule has 0 bridgehead atoms. The lowest BCUT2D eigenvalue weighted by atomic mass is 10.2. The monoisotopic (exact) mass is 320 g/mol. The minimum absolute atomic E-state index is 0.491. The van der Waals surface area contributed by atoms with Gasteiger partial charge in [-0.15, -0.1) is 0 Å². The van der Waals surface area contributed by atoms with Crippen LogP contribution in [-0.2, 0) is 0 Å². The molecular weight excluding hydrogens is 307 g/mol. The van der Waals surface area contributed by atoms with E-state index in [2.05, 4.69) is 9.97 Å². The van der Waals surface area contributed by atoms with E-state index in [9.17, 15) is 0 Å². The fourth-order valence-corrected chi connectivity index (χ4v) is 3.11. The van der Waals surface area contributed by atoms with Crippen LogP contribution in [0.15, 0.2) is 18.2 Å². The highest BCUT2D eigenvalue weighted by molar-refractivity contribution is 6.34. The summed E-state index contributed by atoms with van der Waals surface area (Å²) in [6.07, 6.45) is 0. The van der Waals surface area contributed by atoms with Crippen molar-refractivity contribution in [1.29, 1.82) is 0 Å². The van der Waals surface area contributed by atoms with Crippen LogP contribution in [0, 0.1) is 20.8 Å². The van der Waals surface area contributed by atoms with Crippen LogP contribution in [-0.4, -0.2) is 14.5 Å². The first-order chi connectivity index (χ1) is 9.88. The first-order valence-electron chi connectivity index (χ1n) is 6.46. The molecule has 0 atom stereocenters. The molecule has 1 aromatic carbocycles. The molecule has 0 saturated heterocycles. The predicted molar refractivity (Wildman–Crippen MR) is 87.5 cm³/mol. The molecule has 108 valence electrons. The molecule has 0 aliphatic rings. The van der Waals surface area contributed by atoms with Crippen LogP contribution in [0.4, 0.5) is 5.82 Å². The van der Waals surface area contributed by atoms with Crippen molar-refractivity contribution in [2.24, 2.45) is 0 Å². The van der Waals surface area contributed by atoms with Gasteiger partial charge in [-0.3, -0.25) is 4.57 Å². The number of rotatable bonds is 1. The van der Waals surface area contributed by atoms with Crippen LogP contribution in [0.5, 0.6) is 0 Å². The maximum atomic E-state index is 6.12. The number of hydrogen-bond acceptors (Lipinski definition) is 3. The number of aromatic nitrogens is 3. The second-order valence-corrected chi connectivity index (χ2v) is 5.90. The van der Waals surface area contributed by atoms with Crippen LogP contribution in [0.25, 0.3) is 16.7 Å². The number of anilines is 1. The van der Waals surface area contributed by atoms with Crippen molar-refractivity contribution in [1.82, 2.24) is 14.5 Å². The second-order valence-electron chi connectivity index (χ2n) is 5.03. The van der Waals surface area contributed by atoms with E-state index >= 15 is 0 Å². The lowest BCUT2D eigenvalue weighted by Gasteiger charge is -2.09. The van der Waals surface area contributed by atoms with Crippen LogP contribution < -0.4 is 5.73 Å². The van der Waals surface area contributed by atoms with Crippen molar-refractivity contribution in [3.63, 3.8) is 0 Å². The number of nitrogen functional groups attached to an aromatic ring is 1. The highest BCUT2D eigenvalue weighted by atomic mass is 35.5. The SMILES string of the molecule is Cc1nc(N)c2c(C)c(C)n(-c3cc(Cl)cc(Cl)c3)c2n1. The number of aryl methyl sites for hydroxylation is 2. The number of fused-ring (bicyclic) bond motifs is 1. The summed E-state index contributed by atoms with van der Waals surface area (Å²) in [6, 6.07) is 5.41. The normalized spacial score (nSPS) is 11.3. The van der Waals surface area contributed by atoms with Gasteiger partial charge in [0, 0.05) is 15.7 Å². The molecule has 0 aliphatic heterocycles. The molecule has 0 radical (unpaired) electrons. The van der Waals surface area contributed by atoms with Crippen LogP contribution >= 0.6 is 23.2 Å². The van der Waals surface area contributed by atoms with Crippen molar-refractivity contribution in [3.05, 3.63) is 45.3 Å². The average molecular weight is 321 g/mol. The number of nitrogens with two attached hydrogens (primary N) is 1. The Labute approximate surface area is 132 Å². The number of hydrogen-bond donors (Lipinski definition) is 1. The van der Waals surface area contributed by atoms with E-state index in [0.717, 1.165) is 28.0 Å². The number of halogens is 2. The zero-order chi connectivity index (χ0) is 15.3. The molecule has 2 heterocycles. The van der Waals surface area contributed by atoms with E-state index in [-0.39, 0.29) is 0 Å². The largest absolute Gasteiger partial charge is 0.383 e. The third-order valence-electron chi connectivity index (χ3n) is 3.60. The van der Waals surface area contributed by atoms with Crippen LogP contribution in [0.2, 0.25) is 10.0 Å². The number of nitrogens with zero attached hydrogens (tertiary/aromatic N) is 3. The van der Waals surface area contributed by atoms with Crippen molar-refractivity contribution >= 4 is 40.1 Å².